The Morgan fingerprint density at radius 2 is 0.836 bits per heavy atom. The number of amides is 1. The number of hydrogen-bond donors (Lipinski definition) is 3. The second kappa shape index (κ2) is 50.7. The molecule has 2 unspecified atom stereocenters. The number of ether oxygens (including phenoxy) is 1. The predicted molar refractivity (Wildman–Crippen MR) is 264 cm³/mol. The van der Waals surface area contributed by atoms with Gasteiger partial charge in [-0.1, -0.05) is 230 Å². The first-order valence-corrected chi connectivity index (χ1v) is 26.7. The highest BCUT2D eigenvalue weighted by Crippen LogP contribution is 2.16. The predicted octanol–water partition coefficient (Wildman–Crippen LogP) is 16.1. The van der Waals surface area contributed by atoms with Crippen molar-refractivity contribution in [3.05, 3.63) is 36.5 Å². The van der Waals surface area contributed by atoms with Crippen LogP contribution in [0, 0.1) is 0 Å². The number of aliphatic hydroxyl groups excluding tert-OH is 2. The molecule has 3 N–H and O–H groups in total. The summed E-state index contributed by atoms with van der Waals surface area (Å²) in [4.78, 5) is 24.5. The number of carbonyl (C=O) groups is 2. The van der Waals surface area contributed by atoms with E-state index in [1.54, 1.807) is 0 Å². The van der Waals surface area contributed by atoms with E-state index in [0.717, 1.165) is 51.4 Å². The molecule has 0 aromatic carbocycles. The van der Waals surface area contributed by atoms with Gasteiger partial charge < -0.3 is 20.3 Å². The van der Waals surface area contributed by atoms with Crippen molar-refractivity contribution in [2.75, 3.05) is 13.2 Å². The molecular weight excluding hydrogens is 755 g/mol. The minimum absolute atomic E-state index is 0.0179. The summed E-state index contributed by atoms with van der Waals surface area (Å²) in [5, 5.41) is 23.1. The van der Waals surface area contributed by atoms with Gasteiger partial charge in [-0.2, -0.15) is 0 Å². The Labute approximate surface area is 379 Å². The van der Waals surface area contributed by atoms with Crippen molar-refractivity contribution in [3.8, 4) is 0 Å². The van der Waals surface area contributed by atoms with Gasteiger partial charge in [-0.15, -0.1) is 0 Å². The first-order chi connectivity index (χ1) is 30.0. The van der Waals surface area contributed by atoms with Crippen LogP contribution in [0.1, 0.15) is 277 Å². The molecule has 0 aromatic heterocycles. The SMILES string of the molecule is CCCCCCCC/C=C\CCCCCCCCCCCC(=O)OCCCCCCCC/C=C\C/C=C\CCC(=O)NC(CO)C(O)CCCCCCCCCCCCCC. The van der Waals surface area contributed by atoms with Crippen molar-refractivity contribution in [2.45, 2.75) is 289 Å². The number of allylic oxidation sites excluding steroid dienone is 6. The largest absolute Gasteiger partial charge is 0.466 e. The average Bonchev–Trinajstić information content (AvgIpc) is 3.26. The van der Waals surface area contributed by atoms with Gasteiger partial charge in [0.2, 0.25) is 5.91 Å². The summed E-state index contributed by atoms with van der Waals surface area (Å²) < 4.78 is 5.47. The van der Waals surface area contributed by atoms with E-state index in [4.69, 9.17) is 4.74 Å². The maximum atomic E-state index is 12.4. The van der Waals surface area contributed by atoms with E-state index in [1.807, 2.05) is 6.08 Å². The topological polar surface area (TPSA) is 95.9 Å². The highest BCUT2D eigenvalue weighted by molar-refractivity contribution is 5.76. The highest BCUT2D eigenvalue weighted by atomic mass is 16.5. The molecule has 0 aromatic rings. The molecule has 0 radical (unpaired) electrons. The van der Waals surface area contributed by atoms with Gasteiger partial charge in [0.15, 0.2) is 0 Å². The van der Waals surface area contributed by atoms with Crippen LogP contribution in [0.5, 0.6) is 0 Å². The third-order valence-corrected chi connectivity index (χ3v) is 12.2. The minimum Gasteiger partial charge on any atom is -0.466 e. The van der Waals surface area contributed by atoms with E-state index in [1.165, 1.54) is 186 Å². The molecule has 6 heteroatoms. The van der Waals surface area contributed by atoms with Crippen LogP contribution in [-0.4, -0.2) is 47.4 Å². The zero-order chi connectivity index (χ0) is 44.4. The van der Waals surface area contributed by atoms with Crippen LogP contribution in [0.2, 0.25) is 0 Å². The number of nitrogens with one attached hydrogen (secondary N) is 1. The van der Waals surface area contributed by atoms with Gasteiger partial charge in [0.1, 0.15) is 0 Å². The summed E-state index contributed by atoms with van der Waals surface area (Å²) >= 11 is 0. The molecule has 0 spiro atoms. The first kappa shape index (κ1) is 59.1. The van der Waals surface area contributed by atoms with Crippen LogP contribution in [0.4, 0.5) is 0 Å². The van der Waals surface area contributed by atoms with Crippen molar-refractivity contribution < 1.29 is 24.5 Å². The maximum Gasteiger partial charge on any atom is 0.305 e. The fraction of sp³-hybridized carbons (Fsp3) is 0.855. The van der Waals surface area contributed by atoms with Crippen LogP contribution in [0.25, 0.3) is 0 Å². The Morgan fingerprint density at radius 3 is 1.30 bits per heavy atom. The van der Waals surface area contributed by atoms with E-state index < -0.39 is 12.1 Å². The molecule has 61 heavy (non-hydrogen) atoms. The van der Waals surface area contributed by atoms with Gasteiger partial charge in [0.25, 0.3) is 0 Å². The Kier molecular flexibility index (Phi) is 49.1. The Hall–Kier alpha value is -1.92. The molecule has 358 valence electrons. The number of rotatable bonds is 49. The number of carbonyl (C=O) groups excluding carboxylic acids is 2. The molecule has 0 aliphatic carbocycles. The molecule has 0 fully saturated rings. The Bertz CT molecular complexity index is 993. The lowest BCUT2D eigenvalue weighted by Gasteiger charge is -2.22. The summed E-state index contributed by atoms with van der Waals surface area (Å²) in [5.74, 6) is -0.135. The zero-order valence-electron chi connectivity index (χ0n) is 40.6. The van der Waals surface area contributed by atoms with Gasteiger partial charge in [-0.25, -0.2) is 0 Å². The van der Waals surface area contributed by atoms with Crippen LogP contribution in [0.3, 0.4) is 0 Å². The lowest BCUT2D eigenvalue weighted by Crippen LogP contribution is -2.45. The third kappa shape index (κ3) is 47.4. The van der Waals surface area contributed by atoms with E-state index in [0.29, 0.717) is 32.3 Å². The summed E-state index contributed by atoms with van der Waals surface area (Å²) in [6, 6.07) is -0.585. The van der Waals surface area contributed by atoms with Crippen LogP contribution < -0.4 is 5.32 Å². The Morgan fingerprint density at radius 1 is 0.459 bits per heavy atom. The first-order valence-electron chi connectivity index (χ1n) is 26.7. The highest BCUT2D eigenvalue weighted by Gasteiger charge is 2.19. The third-order valence-electron chi connectivity index (χ3n) is 12.2. The molecule has 0 saturated carbocycles. The molecule has 0 heterocycles. The summed E-state index contributed by atoms with van der Waals surface area (Å²) in [5.41, 5.74) is 0. The monoisotopic (exact) mass is 858 g/mol. The van der Waals surface area contributed by atoms with Crippen molar-refractivity contribution in [3.63, 3.8) is 0 Å². The maximum absolute atomic E-state index is 12.4. The van der Waals surface area contributed by atoms with Gasteiger partial charge in [0.05, 0.1) is 25.4 Å². The normalized spacial score (nSPS) is 12.9. The van der Waals surface area contributed by atoms with Crippen molar-refractivity contribution >= 4 is 11.9 Å². The van der Waals surface area contributed by atoms with Gasteiger partial charge >= 0.3 is 5.97 Å². The number of esters is 1. The lowest BCUT2D eigenvalue weighted by molar-refractivity contribution is -0.143. The van der Waals surface area contributed by atoms with Gasteiger partial charge in [0, 0.05) is 12.8 Å². The van der Waals surface area contributed by atoms with Crippen LogP contribution in [-0.2, 0) is 14.3 Å². The molecule has 0 aliphatic heterocycles. The lowest BCUT2D eigenvalue weighted by atomic mass is 10.0. The van der Waals surface area contributed by atoms with Gasteiger partial charge in [-0.05, 0) is 70.6 Å². The fourth-order valence-electron chi connectivity index (χ4n) is 8.04. The molecule has 6 nitrogen and oxygen atoms in total. The zero-order valence-corrected chi connectivity index (χ0v) is 40.6. The average molecular weight is 858 g/mol. The van der Waals surface area contributed by atoms with Crippen molar-refractivity contribution in [1.29, 1.82) is 0 Å². The van der Waals surface area contributed by atoms with Crippen molar-refractivity contribution in [1.82, 2.24) is 5.32 Å². The summed E-state index contributed by atoms with van der Waals surface area (Å²) in [6.45, 7) is 4.88. The molecule has 0 saturated heterocycles. The van der Waals surface area contributed by atoms with E-state index >= 15 is 0 Å². The number of hydrogen-bond acceptors (Lipinski definition) is 5. The molecule has 1 amide bonds. The second-order valence-corrected chi connectivity index (χ2v) is 18.2. The molecule has 0 bridgehead atoms. The Balaban J connectivity index is 3.51. The number of aliphatic hydroxyl groups is 2. The molecule has 2 atom stereocenters. The van der Waals surface area contributed by atoms with Gasteiger partial charge in [-0.3, -0.25) is 9.59 Å². The minimum atomic E-state index is -0.698. The van der Waals surface area contributed by atoms with E-state index in [2.05, 4.69) is 49.5 Å². The van der Waals surface area contributed by atoms with E-state index in [-0.39, 0.29) is 18.5 Å². The molecular formula is C55H103NO5. The van der Waals surface area contributed by atoms with Crippen molar-refractivity contribution in [2.24, 2.45) is 0 Å². The quantitative estimate of drug-likeness (QED) is 0.0322. The molecule has 0 rings (SSSR count). The van der Waals surface area contributed by atoms with Crippen LogP contribution >= 0.6 is 0 Å². The van der Waals surface area contributed by atoms with E-state index in [9.17, 15) is 19.8 Å². The summed E-state index contributed by atoms with van der Waals surface area (Å²) in [6.07, 6.45) is 61.3. The number of unbranched alkanes of at least 4 members (excludes halogenated alkanes) is 32. The fourth-order valence-corrected chi connectivity index (χ4v) is 8.04. The van der Waals surface area contributed by atoms with Crippen LogP contribution in [0.15, 0.2) is 36.5 Å². The summed E-state index contributed by atoms with van der Waals surface area (Å²) in [7, 11) is 0. The second-order valence-electron chi connectivity index (χ2n) is 18.2. The standard InChI is InChI=1S/C55H103NO5/c1-3-5-7-9-11-13-15-17-18-19-20-21-22-25-29-33-37-41-45-49-55(60)61-50-46-42-38-34-30-26-23-24-28-32-36-40-44-48-54(59)56-52(51-57)53(58)47-43-39-35-31-27-16-14-12-10-8-6-4-2/h17-18,24,28,36,40,52-53,57-58H,3-16,19-23,25-27,29-35,37-39,41-51H2,1-2H3,(H,56,59)/b18-17-,28-24-,40-36-. The smallest absolute Gasteiger partial charge is 0.305 e. The molecule has 0 aliphatic rings.